The van der Waals surface area contributed by atoms with Crippen molar-refractivity contribution < 1.29 is 61.5 Å². The van der Waals surface area contributed by atoms with Crippen LogP contribution in [0, 0.1) is 0 Å². The number of amides is 3. The number of nitrogens with zero attached hydrogens (tertiary/aromatic N) is 1. The minimum atomic E-state index is -0.932. The molecule has 171 valence electrons. The van der Waals surface area contributed by atoms with E-state index in [1.165, 1.54) is 39.8 Å². The first kappa shape index (κ1) is 31.4. The molecule has 3 N–H and O–H groups in total. The molecule has 31 heavy (non-hydrogen) atoms. The van der Waals surface area contributed by atoms with E-state index in [0.717, 1.165) is 0 Å². The van der Waals surface area contributed by atoms with Crippen LogP contribution in [0.15, 0.2) is 12.2 Å². The predicted octanol–water partition coefficient (Wildman–Crippen LogP) is -0.968. The Morgan fingerprint density at radius 2 is 1.35 bits per heavy atom. The number of hydrogen-bond donors (Lipinski definition) is 3. The smallest absolute Gasteiger partial charge is 0.242 e. The van der Waals surface area contributed by atoms with E-state index in [1.807, 2.05) is 0 Å². The van der Waals surface area contributed by atoms with E-state index >= 15 is 0 Å². The summed E-state index contributed by atoms with van der Waals surface area (Å²) >= 11 is 0. The SMILES string of the molecule is CC(=O)/C=C/C(=O)CCC(C(=O)NC(C)C(=O)NC(C)C(=O)NC(C)[C-]=O)N(C)C.[Y]. The third kappa shape index (κ3) is 13.3. The number of rotatable bonds is 13. The predicted molar refractivity (Wildman–Crippen MR) is 110 cm³/mol. The minimum Gasteiger partial charge on any atom is -0.540 e. The molecule has 11 heteroatoms. The molecule has 0 aliphatic carbocycles. The van der Waals surface area contributed by atoms with Gasteiger partial charge in [0.15, 0.2) is 11.6 Å². The normalized spacial score (nSPS) is 14.5. The molecular formula is C20H31N4O6Y-. The van der Waals surface area contributed by atoms with Crippen molar-refractivity contribution in [3.63, 3.8) is 0 Å². The molecule has 10 nitrogen and oxygen atoms in total. The molecule has 0 aromatic heterocycles. The van der Waals surface area contributed by atoms with E-state index in [-0.39, 0.29) is 57.1 Å². The van der Waals surface area contributed by atoms with Crippen molar-refractivity contribution in [3.05, 3.63) is 12.2 Å². The van der Waals surface area contributed by atoms with Gasteiger partial charge in [0, 0.05) is 39.1 Å². The zero-order chi connectivity index (χ0) is 23.4. The van der Waals surface area contributed by atoms with Gasteiger partial charge in [0.1, 0.15) is 12.1 Å². The molecule has 0 rings (SSSR count). The molecule has 0 aromatic carbocycles. The molecule has 4 unspecified atom stereocenters. The Bertz CT molecular complexity index is 695. The summed E-state index contributed by atoms with van der Waals surface area (Å²) in [4.78, 5) is 71.5. The van der Waals surface area contributed by atoms with Gasteiger partial charge in [-0.05, 0) is 53.4 Å². The van der Waals surface area contributed by atoms with Crippen molar-refractivity contribution in [3.8, 4) is 0 Å². The summed E-state index contributed by atoms with van der Waals surface area (Å²) < 4.78 is 0. The third-order valence-corrected chi connectivity index (χ3v) is 4.13. The summed E-state index contributed by atoms with van der Waals surface area (Å²) in [5.41, 5.74) is 0. The van der Waals surface area contributed by atoms with Crippen LogP contribution in [0.3, 0.4) is 0 Å². The van der Waals surface area contributed by atoms with Crippen LogP contribution in [0.4, 0.5) is 0 Å². The first-order valence-electron chi connectivity index (χ1n) is 9.55. The number of likely N-dealkylation sites (N-methyl/N-ethyl adjacent to an activating group) is 1. The van der Waals surface area contributed by atoms with Crippen LogP contribution in [0.1, 0.15) is 40.5 Å². The Balaban J connectivity index is 0. The number of allylic oxidation sites excluding steroid dienone is 2. The summed E-state index contributed by atoms with van der Waals surface area (Å²) in [6.07, 6.45) is 4.22. The van der Waals surface area contributed by atoms with Crippen molar-refractivity contribution in [1.82, 2.24) is 20.9 Å². The van der Waals surface area contributed by atoms with Crippen molar-refractivity contribution in [2.75, 3.05) is 14.1 Å². The largest absolute Gasteiger partial charge is 0.540 e. The van der Waals surface area contributed by atoms with Crippen molar-refractivity contribution in [2.45, 2.75) is 64.7 Å². The van der Waals surface area contributed by atoms with Gasteiger partial charge in [-0.3, -0.25) is 28.9 Å². The molecule has 3 amide bonds. The molecule has 0 spiro atoms. The van der Waals surface area contributed by atoms with Crippen molar-refractivity contribution in [1.29, 1.82) is 0 Å². The molecule has 1 radical (unpaired) electrons. The molecule has 4 atom stereocenters. The standard InChI is InChI=1S/C20H31N4O6.Y/c1-12(11-25)21-18(28)14(3)22-19(29)15(4)23-20(30)17(24(5)6)10-9-16(27)8-7-13(2)26;/h7-8,12,14-15,17H,9-10H2,1-6H3,(H,21,28)(H,22,29)(H,23,30);/q-1;/b8-7+;. The van der Waals surface area contributed by atoms with Crippen molar-refractivity contribution in [2.24, 2.45) is 0 Å². The maximum Gasteiger partial charge on any atom is 0.242 e. The molecule has 0 saturated heterocycles. The second kappa shape index (κ2) is 15.9. The van der Waals surface area contributed by atoms with Gasteiger partial charge in [0.05, 0.1) is 6.04 Å². The van der Waals surface area contributed by atoms with E-state index < -0.39 is 41.9 Å². The molecule has 0 aliphatic rings. The van der Waals surface area contributed by atoms with Gasteiger partial charge >= 0.3 is 0 Å². The third-order valence-electron chi connectivity index (χ3n) is 4.13. The quantitative estimate of drug-likeness (QED) is 0.213. The summed E-state index contributed by atoms with van der Waals surface area (Å²) in [6, 6.07) is -3.32. The first-order valence-corrected chi connectivity index (χ1v) is 9.55. The van der Waals surface area contributed by atoms with Crippen LogP contribution in [-0.4, -0.2) is 78.7 Å². The number of carbonyl (C=O) groups is 5. The zero-order valence-corrected chi connectivity index (χ0v) is 21.7. The Hall–Kier alpha value is -1.78. The van der Waals surface area contributed by atoms with Crippen molar-refractivity contribution >= 4 is 35.6 Å². The number of carbonyl (C=O) groups excluding carboxylic acids is 6. The fourth-order valence-corrected chi connectivity index (χ4v) is 2.34. The molecule has 0 heterocycles. The Morgan fingerprint density at radius 3 is 1.81 bits per heavy atom. The maximum absolute atomic E-state index is 12.5. The van der Waals surface area contributed by atoms with Crippen LogP contribution in [0.5, 0.6) is 0 Å². The number of hydrogen-bond acceptors (Lipinski definition) is 7. The van der Waals surface area contributed by atoms with Crippen LogP contribution in [-0.2, 0) is 61.5 Å². The topological polar surface area (TPSA) is 142 Å². The van der Waals surface area contributed by atoms with Crippen LogP contribution < -0.4 is 16.0 Å². The van der Waals surface area contributed by atoms with Gasteiger partial charge in [-0.1, -0.05) is 13.0 Å². The van der Waals surface area contributed by atoms with Gasteiger partial charge < -0.3 is 20.7 Å². The Kier molecular flexibility index (Phi) is 16.2. The van der Waals surface area contributed by atoms with Gasteiger partial charge in [0.2, 0.25) is 17.7 Å². The fourth-order valence-electron chi connectivity index (χ4n) is 2.34. The summed E-state index contributed by atoms with van der Waals surface area (Å²) in [5.74, 6) is -2.11. The van der Waals surface area contributed by atoms with Gasteiger partial charge in [-0.25, -0.2) is 6.29 Å². The number of ketones is 2. The number of nitrogens with one attached hydrogen (secondary N) is 3. The average Bonchev–Trinajstić information content (AvgIpc) is 2.65. The molecule has 0 saturated carbocycles. The monoisotopic (exact) mass is 512 g/mol. The van der Waals surface area contributed by atoms with Gasteiger partial charge in [0.25, 0.3) is 0 Å². The van der Waals surface area contributed by atoms with Crippen LogP contribution in [0.2, 0.25) is 0 Å². The van der Waals surface area contributed by atoms with E-state index in [9.17, 15) is 28.8 Å². The van der Waals surface area contributed by atoms with E-state index in [0.29, 0.717) is 0 Å². The van der Waals surface area contributed by atoms with Gasteiger partial charge in [-0.2, -0.15) is 0 Å². The Labute approximate surface area is 208 Å². The summed E-state index contributed by atoms with van der Waals surface area (Å²) in [6.45, 7) is 5.69. The van der Waals surface area contributed by atoms with Crippen LogP contribution in [0.25, 0.3) is 0 Å². The summed E-state index contributed by atoms with van der Waals surface area (Å²) in [7, 11) is 3.34. The molecular weight excluding hydrogens is 481 g/mol. The van der Waals surface area contributed by atoms with E-state index in [1.54, 1.807) is 25.3 Å². The summed E-state index contributed by atoms with van der Waals surface area (Å²) in [5, 5.41) is 7.38. The maximum atomic E-state index is 12.5. The average molecular weight is 512 g/mol. The van der Waals surface area contributed by atoms with E-state index in [4.69, 9.17) is 0 Å². The first-order chi connectivity index (χ1) is 13.9. The van der Waals surface area contributed by atoms with Gasteiger partial charge in [-0.15, -0.1) is 0 Å². The Morgan fingerprint density at radius 1 is 0.871 bits per heavy atom. The minimum absolute atomic E-state index is 0. The second-order valence-corrected chi connectivity index (χ2v) is 7.24. The molecule has 0 aromatic rings. The second-order valence-electron chi connectivity index (χ2n) is 7.24. The zero-order valence-electron chi connectivity index (χ0n) is 18.9. The molecule has 0 fully saturated rings. The fraction of sp³-hybridized carbons (Fsp3) is 0.600. The molecule has 0 bridgehead atoms. The van der Waals surface area contributed by atoms with Crippen LogP contribution >= 0.6 is 0 Å². The molecule has 0 aliphatic heterocycles. The van der Waals surface area contributed by atoms with E-state index in [2.05, 4.69) is 16.0 Å².